The Labute approximate surface area is 96.8 Å². The number of anilines is 1. The summed E-state index contributed by atoms with van der Waals surface area (Å²) >= 11 is 0. The minimum absolute atomic E-state index is 0.680. The Hall–Kier alpha value is -1.42. The molecule has 1 aromatic heterocycles. The monoisotopic (exact) mass is 221 g/mol. The molecule has 0 saturated heterocycles. The van der Waals surface area contributed by atoms with Crippen molar-refractivity contribution in [1.82, 2.24) is 9.97 Å². The zero-order chi connectivity index (χ0) is 11.6. The van der Waals surface area contributed by atoms with Crippen LogP contribution in [0, 0.1) is 0 Å². The first kappa shape index (κ1) is 12.6. The van der Waals surface area contributed by atoms with Crippen LogP contribution in [0.2, 0.25) is 0 Å². The van der Waals surface area contributed by atoms with Gasteiger partial charge in [0.1, 0.15) is 12.1 Å². The first-order valence-electron chi connectivity index (χ1n) is 5.60. The second kappa shape index (κ2) is 7.82. The average Bonchev–Trinajstić information content (AvgIpc) is 2.34. The largest absolute Gasteiger partial charge is 0.379 e. The fourth-order valence-electron chi connectivity index (χ4n) is 1.21. The standard InChI is InChI=1S/C12H19N3O/c1-3-5-7-16-8-6-13-12-9-11(4-2)14-10-15-12/h3,9-10H,1,4-8H2,2H3,(H,13,14,15). The Morgan fingerprint density at radius 1 is 1.44 bits per heavy atom. The second-order valence-corrected chi connectivity index (χ2v) is 3.36. The SMILES string of the molecule is C=CCCOCCNc1cc(CC)ncn1. The van der Waals surface area contributed by atoms with Crippen LogP contribution < -0.4 is 5.32 Å². The molecule has 0 aliphatic rings. The Bertz CT molecular complexity index is 315. The van der Waals surface area contributed by atoms with Gasteiger partial charge in [-0.15, -0.1) is 6.58 Å². The summed E-state index contributed by atoms with van der Waals surface area (Å²) in [6.07, 6.45) is 5.26. The molecule has 0 spiro atoms. The zero-order valence-corrected chi connectivity index (χ0v) is 9.78. The number of ether oxygens (including phenoxy) is 1. The van der Waals surface area contributed by atoms with Crippen molar-refractivity contribution in [2.24, 2.45) is 0 Å². The van der Waals surface area contributed by atoms with Crippen molar-refractivity contribution >= 4 is 5.82 Å². The van der Waals surface area contributed by atoms with Gasteiger partial charge in [0.25, 0.3) is 0 Å². The highest BCUT2D eigenvalue weighted by Gasteiger charge is 1.95. The van der Waals surface area contributed by atoms with E-state index in [0.29, 0.717) is 6.61 Å². The lowest BCUT2D eigenvalue weighted by Crippen LogP contribution is -2.11. The number of nitrogens with zero attached hydrogens (tertiary/aromatic N) is 2. The maximum Gasteiger partial charge on any atom is 0.129 e. The molecule has 1 N–H and O–H groups in total. The van der Waals surface area contributed by atoms with Crippen LogP contribution in [0.5, 0.6) is 0 Å². The highest BCUT2D eigenvalue weighted by molar-refractivity contribution is 5.34. The van der Waals surface area contributed by atoms with E-state index in [1.807, 2.05) is 12.1 Å². The number of rotatable bonds is 8. The third-order valence-corrected chi connectivity index (χ3v) is 2.10. The Balaban J connectivity index is 2.18. The lowest BCUT2D eigenvalue weighted by molar-refractivity contribution is 0.149. The number of aryl methyl sites for hydroxylation is 1. The van der Waals surface area contributed by atoms with Crippen molar-refractivity contribution in [3.8, 4) is 0 Å². The van der Waals surface area contributed by atoms with Gasteiger partial charge in [-0.3, -0.25) is 0 Å². The van der Waals surface area contributed by atoms with E-state index >= 15 is 0 Å². The van der Waals surface area contributed by atoms with E-state index < -0.39 is 0 Å². The summed E-state index contributed by atoms with van der Waals surface area (Å²) in [5, 5.41) is 3.19. The summed E-state index contributed by atoms with van der Waals surface area (Å²) in [4.78, 5) is 8.26. The smallest absolute Gasteiger partial charge is 0.129 e. The highest BCUT2D eigenvalue weighted by atomic mass is 16.5. The van der Waals surface area contributed by atoms with Crippen LogP contribution in [0.25, 0.3) is 0 Å². The van der Waals surface area contributed by atoms with Crippen LogP contribution in [-0.2, 0) is 11.2 Å². The second-order valence-electron chi connectivity index (χ2n) is 3.36. The van der Waals surface area contributed by atoms with Gasteiger partial charge in [0, 0.05) is 18.3 Å². The van der Waals surface area contributed by atoms with E-state index in [1.54, 1.807) is 6.33 Å². The topological polar surface area (TPSA) is 47.0 Å². The van der Waals surface area contributed by atoms with Gasteiger partial charge in [-0.25, -0.2) is 9.97 Å². The van der Waals surface area contributed by atoms with Crippen LogP contribution in [0.15, 0.2) is 25.0 Å². The summed E-state index contributed by atoms with van der Waals surface area (Å²) in [6.45, 7) is 7.88. The molecule has 0 unspecified atom stereocenters. The first-order valence-corrected chi connectivity index (χ1v) is 5.60. The molecule has 0 saturated carbocycles. The lowest BCUT2D eigenvalue weighted by atomic mass is 10.3. The fourth-order valence-corrected chi connectivity index (χ4v) is 1.21. The predicted molar refractivity (Wildman–Crippen MR) is 65.5 cm³/mol. The molecule has 0 atom stereocenters. The predicted octanol–water partition coefficient (Wildman–Crippen LogP) is 2.04. The van der Waals surface area contributed by atoms with Gasteiger partial charge < -0.3 is 10.1 Å². The Morgan fingerprint density at radius 3 is 3.06 bits per heavy atom. The number of hydrogen-bond donors (Lipinski definition) is 1. The zero-order valence-electron chi connectivity index (χ0n) is 9.78. The molecule has 0 bridgehead atoms. The molecule has 0 fully saturated rings. The molecule has 4 nitrogen and oxygen atoms in total. The molecule has 1 aromatic rings. The maximum absolute atomic E-state index is 5.38. The van der Waals surface area contributed by atoms with Crippen LogP contribution >= 0.6 is 0 Å². The van der Waals surface area contributed by atoms with E-state index in [1.165, 1.54) is 0 Å². The number of nitrogens with one attached hydrogen (secondary N) is 1. The summed E-state index contributed by atoms with van der Waals surface area (Å²) in [6, 6.07) is 1.96. The first-order chi connectivity index (χ1) is 7.86. The molecule has 0 amide bonds. The highest BCUT2D eigenvalue weighted by Crippen LogP contribution is 2.03. The van der Waals surface area contributed by atoms with E-state index in [9.17, 15) is 0 Å². The summed E-state index contributed by atoms with van der Waals surface area (Å²) in [5.74, 6) is 0.860. The molecule has 1 heterocycles. The van der Waals surface area contributed by atoms with Crippen molar-refractivity contribution in [2.75, 3.05) is 25.1 Å². The number of hydrogen-bond acceptors (Lipinski definition) is 4. The molecule has 0 aliphatic heterocycles. The molecule has 16 heavy (non-hydrogen) atoms. The lowest BCUT2D eigenvalue weighted by Gasteiger charge is -2.06. The summed E-state index contributed by atoms with van der Waals surface area (Å²) < 4.78 is 5.38. The van der Waals surface area contributed by atoms with Gasteiger partial charge in [-0.05, 0) is 12.8 Å². The molecule has 88 valence electrons. The molecule has 0 aliphatic carbocycles. The quantitative estimate of drug-likeness (QED) is 0.539. The van der Waals surface area contributed by atoms with Crippen molar-refractivity contribution in [3.05, 3.63) is 30.7 Å². The van der Waals surface area contributed by atoms with Crippen molar-refractivity contribution < 1.29 is 4.74 Å². The molecule has 0 aromatic carbocycles. The van der Waals surface area contributed by atoms with Gasteiger partial charge >= 0.3 is 0 Å². The molecule has 4 heteroatoms. The van der Waals surface area contributed by atoms with E-state index in [0.717, 1.165) is 37.5 Å². The van der Waals surface area contributed by atoms with Crippen LogP contribution in [0.1, 0.15) is 19.0 Å². The van der Waals surface area contributed by atoms with E-state index in [4.69, 9.17) is 4.74 Å². The van der Waals surface area contributed by atoms with Gasteiger partial charge in [-0.1, -0.05) is 13.0 Å². The molecule has 0 radical (unpaired) electrons. The van der Waals surface area contributed by atoms with Crippen molar-refractivity contribution in [1.29, 1.82) is 0 Å². The summed E-state index contributed by atoms with van der Waals surface area (Å²) in [7, 11) is 0. The van der Waals surface area contributed by atoms with Gasteiger partial charge in [0.2, 0.25) is 0 Å². The van der Waals surface area contributed by atoms with Crippen LogP contribution in [0.3, 0.4) is 0 Å². The Morgan fingerprint density at radius 2 is 2.31 bits per heavy atom. The van der Waals surface area contributed by atoms with E-state index in [-0.39, 0.29) is 0 Å². The van der Waals surface area contributed by atoms with Crippen molar-refractivity contribution in [3.63, 3.8) is 0 Å². The van der Waals surface area contributed by atoms with Crippen LogP contribution in [-0.4, -0.2) is 29.7 Å². The maximum atomic E-state index is 5.38. The van der Waals surface area contributed by atoms with Crippen molar-refractivity contribution in [2.45, 2.75) is 19.8 Å². The Kier molecular flexibility index (Phi) is 6.18. The fraction of sp³-hybridized carbons (Fsp3) is 0.500. The third kappa shape index (κ3) is 4.89. The van der Waals surface area contributed by atoms with Gasteiger partial charge in [0.05, 0.1) is 13.2 Å². The minimum Gasteiger partial charge on any atom is -0.379 e. The molecule has 1 rings (SSSR count). The normalized spacial score (nSPS) is 10.1. The minimum atomic E-state index is 0.680. The molecular formula is C12H19N3O. The number of aromatic nitrogens is 2. The summed E-state index contributed by atoms with van der Waals surface area (Å²) in [5.41, 5.74) is 1.05. The van der Waals surface area contributed by atoms with Gasteiger partial charge in [-0.2, -0.15) is 0 Å². The van der Waals surface area contributed by atoms with Gasteiger partial charge in [0.15, 0.2) is 0 Å². The third-order valence-electron chi connectivity index (χ3n) is 2.10. The molecular weight excluding hydrogens is 202 g/mol. The average molecular weight is 221 g/mol. The van der Waals surface area contributed by atoms with E-state index in [2.05, 4.69) is 28.8 Å². The van der Waals surface area contributed by atoms with Crippen LogP contribution in [0.4, 0.5) is 5.82 Å².